The van der Waals surface area contributed by atoms with Gasteiger partial charge in [0.15, 0.2) is 0 Å². The van der Waals surface area contributed by atoms with Crippen LogP contribution in [0, 0.1) is 0 Å². The van der Waals surface area contributed by atoms with Gasteiger partial charge in [-0.1, -0.05) is 24.3 Å². The van der Waals surface area contributed by atoms with Crippen molar-refractivity contribution in [2.45, 2.75) is 44.2 Å². The molecule has 2 heterocycles. The molecule has 3 N–H and O–H groups in total. The molecule has 0 saturated carbocycles. The van der Waals surface area contributed by atoms with Crippen molar-refractivity contribution in [1.29, 1.82) is 0 Å². The maximum absolute atomic E-state index is 11.0. The molecule has 4 nitrogen and oxygen atoms in total. The number of piperidine rings is 1. The number of nitrogens with two attached hydrogens (primary N) is 1. The highest BCUT2D eigenvalue weighted by Crippen LogP contribution is 2.25. The molecule has 1 unspecified atom stereocenters. The van der Waals surface area contributed by atoms with E-state index >= 15 is 0 Å². The first-order valence-corrected chi connectivity index (χ1v) is 9.12. The molecule has 0 aromatic heterocycles. The second-order valence-corrected chi connectivity index (χ2v) is 7.38. The van der Waals surface area contributed by atoms with Gasteiger partial charge in [-0.25, -0.2) is 0 Å². The molecular formula is C19H31N3O. The lowest BCUT2D eigenvalue weighted by molar-refractivity contribution is -0.0519. The molecule has 23 heavy (non-hydrogen) atoms. The Labute approximate surface area is 140 Å². The van der Waals surface area contributed by atoms with Crippen molar-refractivity contribution < 1.29 is 5.11 Å². The lowest BCUT2D eigenvalue weighted by Gasteiger charge is -2.41. The van der Waals surface area contributed by atoms with E-state index in [1.54, 1.807) is 0 Å². The largest absolute Gasteiger partial charge is 0.387 e. The molecule has 4 heteroatoms. The number of benzene rings is 1. The zero-order valence-corrected chi connectivity index (χ0v) is 14.2. The molecule has 0 amide bonds. The Hall–Kier alpha value is -0.940. The maximum Gasteiger partial charge on any atom is 0.0900 e. The minimum absolute atomic E-state index is 0.530. The van der Waals surface area contributed by atoms with E-state index in [2.05, 4.69) is 34.1 Å². The van der Waals surface area contributed by atoms with Crippen LogP contribution in [0.1, 0.15) is 36.8 Å². The molecule has 2 saturated heterocycles. The van der Waals surface area contributed by atoms with Crippen molar-refractivity contribution in [1.82, 2.24) is 9.80 Å². The van der Waals surface area contributed by atoms with Gasteiger partial charge in [-0.3, -0.25) is 4.90 Å². The molecule has 128 valence electrons. The maximum atomic E-state index is 11.0. The van der Waals surface area contributed by atoms with E-state index in [9.17, 15) is 5.11 Å². The molecular weight excluding hydrogens is 286 g/mol. The van der Waals surface area contributed by atoms with Crippen LogP contribution < -0.4 is 5.73 Å². The number of aliphatic hydroxyl groups is 1. The van der Waals surface area contributed by atoms with Gasteiger partial charge < -0.3 is 15.7 Å². The second-order valence-electron chi connectivity index (χ2n) is 7.38. The van der Waals surface area contributed by atoms with Gasteiger partial charge in [0.05, 0.1) is 5.60 Å². The lowest BCUT2D eigenvalue weighted by atomic mass is 9.92. The van der Waals surface area contributed by atoms with Crippen LogP contribution in [0.25, 0.3) is 0 Å². The molecule has 1 aromatic rings. The average molecular weight is 317 g/mol. The van der Waals surface area contributed by atoms with E-state index < -0.39 is 5.60 Å². The summed E-state index contributed by atoms with van der Waals surface area (Å²) in [6, 6.07) is 8.73. The number of hydrogen-bond donors (Lipinski definition) is 2. The zero-order chi connectivity index (χ0) is 16.1. The van der Waals surface area contributed by atoms with Crippen molar-refractivity contribution in [2.24, 2.45) is 5.73 Å². The highest BCUT2D eigenvalue weighted by molar-refractivity contribution is 5.23. The minimum atomic E-state index is -0.530. The van der Waals surface area contributed by atoms with Gasteiger partial charge in [0.25, 0.3) is 0 Å². The molecule has 2 fully saturated rings. The van der Waals surface area contributed by atoms with E-state index in [0.29, 0.717) is 6.54 Å². The van der Waals surface area contributed by atoms with Gasteiger partial charge in [0, 0.05) is 19.6 Å². The Morgan fingerprint density at radius 1 is 1.04 bits per heavy atom. The number of β-amino-alcohol motifs (C(OH)–C–C–N with tert-alkyl or cyclic N) is 1. The first-order valence-electron chi connectivity index (χ1n) is 9.12. The van der Waals surface area contributed by atoms with Crippen LogP contribution >= 0.6 is 0 Å². The molecule has 1 aromatic carbocycles. The second kappa shape index (κ2) is 7.75. The van der Waals surface area contributed by atoms with Gasteiger partial charge in [-0.2, -0.15) is 0 Å². The standard InChI is InChI=1S/C19H31N3O/c20-9-7-17-5-3-6-18(13-17)14-22-12-4-8-19(23,16-22)15-21-10-1-2-11-21/h3,5-6,13,23H,1-2,4,7-12,14-16,20H2. The number of hydrogen-bond acceptors (Lipinski definition) is 4. The Morgan fingerprint density at radius 3 is 2.57 bits per heavy atom. The number of likely N-dealkylation sites (tertiary alicyclic amines) is 2. The first kappa shape index (κ1) is 16.9. The van der Waals surface area contributed by atoms with Crippen LogP contribution in [0.15, 0.2) is 24.3 Å². The van der Waals surface area contributed by atoms with E-state index in [1.807, 2.05) is 0 Å². The third-order valence-electron chi connectivity index (χ3n) is 5.18. The van der Waals surface area contributed by atoms with Gasteiger partial charge in [-0.15, -0.1) is 0 Å². The zero-order valence-electron chi connectivity index (χ0n) is 14.2. The van der Waals surface area contributed by atoms with Gasteiger partial charge in [0.1, 0.15) is 0 Å². The van der Waals surface area contributed by atoms with E-state index in [4.69, 9.17) is 5.73 Å². The lowest BCUT2D eigenvalue weighted by Crippen LogP contribution is -2.53. The van der Waals surface area contributed by atoms with Crippen molar-refractivity contribution in [3.63, 3.8) is 0 Å². The van der Waals surface area contributed by atoms with Crippen LogP contribution in [0.3, 0.4) is 0 Å². The fourth-order valence-corrected chi connectivity index (χ4v) is 4.14. The molecule has 3 rings (SSSR count). The third-order valence-corrected chi connectivity index (χ3v) is 5.18. The summed E-state index contributed by atoms with van der Waals surface area (Å²) >= 11 is 0. The highest BCUT2D eigenvalue weighted by Gasteiger charge is 2.35. The molecule has 2 aliphatic heterocycles. The Kier molecular flexibility index (Phi) is 5.70. The molecule has 0 bridgehead atoms. The summed E-state index contributed by atoms with van der Waals surface area (Å²) in [5.74, 6) is 0. The van der Waals surface area contributed by atoms with Crippen molar-refractivity contribution in [2.75, 3.05) is 39.3 Å². The Balaban J connectivity index is 1.58. The topological polar surface area (TPSA) is 52.7 Å². The van der Waals surface area contributed by atoms with Gasteiger partial charge in [0.2, 0.25) is 0 Å². The smallest absolute Gasteiger partial charge is 0.0900 e. The fourth-order valence-electron chi connectivity index (χ4n) is 4.14. The van der Waals surface area contributed by atoms with Gasteiger partial charge in [-0.05, 0) is 69.4 Å². The summed E-state index contributed by atoms with van der Waals surface area (Å²) in [6.07, 6.45) is 5.54. The third kappa shape index (κ3) is 4.77. The average Bonchev–Trinajstić information content (AvgIpc) is 3.00. The molecule has 1 atom stereocenters. The summed E-state index contributed by atoms with van der Waals surface area (Å²) in [5, 5.41) is 11.0. The predicted molar refractivity (Wildman–Crippen MR) is 94.3 cm³/mol. The predicted octanol–water partition coefficient (Wildman–Crippen LogP) is 1.61. The SMILES string of the molecule is NCCc1cccc(CN2CCCC(O)(CN3CCCC3)C2)c1. The van der Waals surface area contributed by atoms with E-state index in [0.717, 1.165) is 58.5 Å². The minimum Gasteiger partial charge on any atom is -0.387 e. The van der Waals surface area contributed by atoms with Crippen LogP contribution in [0.2, 0.25) is 0 Å². The summed E-state index contributed by atoms with van der Waals surface area (Å²) in [5.41, 5.74) is 7.78. The molecule has 2 aliphatic rings. The Morgan fingerprint density at radius 2 is 1.78 bits per heavy atom. The Bertz CT molecular complexity index is 501. The summed E-state index contributed by atoms with van der Waals surface area (Å²) in [4.78, 5) is 4.85. The van der Waals surface area contributed by atoms with Gasteiger partial charge >= 0.3 is 0 Å². The summed E-state index contributed by atoms with van der Waals surface area (Å²) in [7, 11) is 0. The van der Waals surface area contributed by atoms with Crippen LogP contribution in [-0.4, -0.2) is 59.8 Å². The molecule has 0 radical (unpaired) electrons. The summed E-state index contributed by atoms with van der Waals surface area (Å²) in [6.45, 7) is 6.67. The number of rotatable bonds is 6. The van der Waals surface area contributed by atoms with Crippen LogP contribution in [-0.2, 0) is 13.0 Å². The van der Waals surface area contributed by atoms with E-state index in [-0.39, 0.29) is 0 Å². The highest BCUT2D eigenvalue weighted by atomic mass is 16.3. The normalized spacial score (nSPS) is 26.7. The monoisotopic (exact) mass is 317 g/mol. The quantitative estimate of drug-likeness (QED) is 0.837. The fraction of sp³-hybridized carbons (Fsp3) is 0.684. The summed E-state index contributed by atoms with van der Waals surface area (Å²) < 4.78 is 0. The first-order chi connectivity index (χ1) is 11.2. The molecule has 0 spiro atoms. The molecule has 0 aliphatic carbocycles. The van der Waals surface area contributed by atoms with E-state index in [1.165, 1.54) is 24.0 Å². The van der Waals surface area contributed by atoms with Crippen molar-refractivity contribution in [3.05, 3.63) is 35.4 Å². The van der Waals surface area contributed by atoms with Crippen LogP contribution in [0.5, 0.6) is 0 Å². The van der Waals surface area contributed by atoms with Crippen molar-refractivity contribution >= 4 is 0 Å². The number of nitrogens with zero attached hydrogens (tertiary/aromatic N) is 2. The van der Waals surface area contributed by atoms with Crippen molar-refractivity contribution in [3.8, 4) is 0 Å². The van der Waals surface area contributed by atoms with Crippen LogP contribution in [0.4, 0.5) is 0 Å².